The second kappa shape index (κ2) is 54.9. The SMILES string of the molecule is C=S(C)(=O)NC(C)C.CC(=O)C(C)C.CC(=O)NC(C)C.CC(C)C(=O)N1CCC[C@@H]1C(=O)O.CC(C)C(=O)N1CCC[C@H]1C(=O)O.CC(C)N(C)S(=O)(=O)CC(=O)O.CC(C)N(C)S(C)(=O)=O.CC(C)NC(=O)CC(=O)O.CC(C)NC(=O)CN.CC(C)NS(=O)(=O)CC(=O)O. The van der Waals surface area contributed by atoms with Crippen molar-refractivity contribution in [3.05, 3.63) is 0 Å². The van der Waals surface area contributed by atoms with Crippen molar-refractivity contribution in [2.75, 3.05) is 57.7 Å². The van der Waals surface area contributed by atoms with Gasteiger partial charge >= 0.3 is 29.8 Å². The van der Waals surface area contributed by atoms with E-state index in [1.807, 2.05) is 69.2 Å². The Kier molecular flexibility index (Phi) is 60.6. The Hall–Kier alpha value is -5.96. The molecule has 2 fully saturated rings. The number of carbonyl (C=O) groups is 11. The summed E-state index contributed by atoms with van der Waals surface area (Å²) in [4.78, 5) is 119. The highest BCUT2D eigenvalue weighted by atomic mass is 32.2. The fourth-order valence-electron chi connectivity index (χ4n) is 6.56. The molecule has 0 aromatic rings. The maximum atomic E-state index is 11.5. The molecule has 37 heteroatoms. The number of rotatable bonds is 23. The maximum Gasteiger partial charge on any atom is 0.326 e. The molecule has 576 valence electrons. The number of nitrogens with zero attached hydrogens (tertiary/aromatic N) is 4. The molecule has 1 unspecified atom stereocenters. The van der Waals surface area contributed by atoms with Gasteiger partial charge in [-0.05, 0) is 135 Å². The molecule has 3 atom stereocenters. The number of ketones is 1. The number of nitrogens with one attached hydrogen (secondary N) is 5. The number of aliphatic carboxylic acids is 5. The van der Waals surface area contributed by atoms with Crippen molar-refractivity contribution in [3.63, 3.8) is 0 Å². The van der Waals surface area contributed by atoms with E-state index in [1.165, 1.54) is 34.3 Å². The first-order chi connectivity index (χ1) is 43.4. The van der Waals surface area contributed by atoms with Crippen LogP contribution in [-0.4, -0.2) is 257 Å². The molecule has 0 bridgehead atoms. The van der Waals surface area contributed by atoms with Crippen molar-refractivity contribution in [3.8, 4) is 0 Å². The lowest BCUT2D eigenvalue weighted by Crippen LogP contribution is -2.42. The zero-order chi connectivity index (χ0) is 79.2. The summed E-state index contributed by atoms with van der Waals surface area (Å²) in [5, 5.41) is 49.9. The van der Waals surface area contributed by atoms with Crippen LogP contribution < -0.4 is 31.1 Å². The van der Waals surface area contributed by atoms with Gasteiger partial charge in [-0.3, -0.25) is 47.4 Å². The van der Waals surface area contributed by atoms with Crippen molar-refractivity contribution in [1.82, 2.24) is 43.8 Å². The van der Waals surface area contributed by atoms with Crippen LogP contribution in [0.2, 0.25) is 0 Å². The number of nitrogens with two attached hydrogens (primary N) is 1. The number of carbonyl (C=O) groups excluding carboxylic acids is 6. The molecule has 2 aliphatic rings. The predicted octanol–water partition coefficient (Wildman–Crippen LogP) is 2.33. The highest BCUT2D eigenvalue weighted by molar-refractivity contribution is 7.97. The Morgan fingerprint density at radius 1 is 0.485 bits per heavy atom. The topological polar surface area (TPSA) is 508 Å². The highest BCUT2D eigenvalue weighted by Gasteiger charge is 2.36. The Balaban J connectivity index is -0.000000153. The number of sulfonamides is 3. The van der Waals surface area contributed by atoms with Gasteiger partial charge in [0.15, 0.2) is 11.5 Å². The van der Waals surface area contributed by atoms with Crippen LogP contribution in [0.25, 0.3) is 0 Å². The second-order valence-corrected chi connectivity index (χ2v) is 33.1. The molecule has 33 nitrogen and oxygen atoms in total. The van der Waals surface area contributed by atoms with Crippen molar-refractivity contribution >= 4 is 111 Å². The molecule has 5 amide bonds. The molecule has 12 N–H and O–H groups in total. The monoisotopic (exact) mass is 1480 g/mol. The first-order valence-corrected chi connectivity index (χ1v) is 38.4. The molecular formula is C60H124N10O23S4. The van der Waals surface area contributed by atoms with Gasteiger partial charge in [0.2, 0.25) is 59.6 Å². The smallest absolute Gasteiger partial charge is 0.326 e. The number of Topliss-reactive ketones (excluding diaryl/α,β-unsaturated/α-hetero) is 1. The molecule has 2 saturated heterocycles. The Morgan fingerprint density at radius 2 is 0.804 bits per heavy atom. The van der Waals surface area contributed by atoms with Crippen molar-refractivity contribution < 1.29 is 108 Å². The fourth-order valence-corrected chi connectivity index (χ4v) is 10.6. The number of amides is 5. The van der Waals surface area contributed by atoms with Gasteiger partial charge in [0, 0.05) is 110 Å². The van der Waals surface area contributed by atoms with E-state index in [4.69, 9.17) is 31.3 Å². The van der Waals surface area contributed by atoms with Crippen molar-refractivity contribution in [2.45, 2.75) is 239 Å². The maximum absolute atomic E-state index is 11.5. The summed E-state index contributed by atoms with van der Waals surface area (Å²) >= 11 is 0. The standard InChI is InChI=1S/2C9H15NO3.C6H13NO4S.C6H11NO3.C5H12N2O.C5H11NO4S.C5H13NO2S.C5H13NOS.C5H11NO.C5H10O/c2*1-6(2)8(11)10-5-3-4-7(10)9(12)13;1-5(2)7(3)12(10,11)4-6(8)9;1-4(2)7-5(8)3-6(9)10;1-4(2)7-5(8)3-6;1-4(2)6-11(9,10)3-5(7)8;1-5(2)6(3)9(4,7)8;1-5(2)6-8(3,4)7;1-4(2)6-5(3)7;1-4(2)5(3)6/h2*6-7H,3-5H2,1-2H3,(H,12,13);5H,4H2,1-3H3,(H,8,9);4H,3H2,1-2H3,(H,7,8)(H,9,10);4H,3,6H2,1-2H3,(H,7,8);4,6H,3H2,1-2H3,(H,7,8);5H,1-4H3;5H,3H2,1-2,4H3,(H,6,7);4H,1-3H3,(H,6,7);4H,1-3H3/t2*7-;;;;;;;;/m10......../s1. The van der Waals surface area contributed by atoms with Crippen LogP contribution in [-0.2, 0) is 92.5 Å². The van der Waals surface area contributed by atoms with Crippen LogP contribution >= 0.6 is 0 Å². The molecule has 2 aliphatic heterocycles. The molecule has 0 aromatic heterocycles. The van der Waals surface area contributed by atoms with Crippen LogP contribution in [0, 0.1) is 17.8 Å². The number of carboxylic acids is 5. The molecule has 0 aliphatic carbocycles. The fraction of sp³-hybridized carbons (Fsp3) is 0.800. The van der Waals surface area contributed by atoms with Gasteiger partial charge in [-0.25, -0.2) is 52.9 Å². The van der Waals surface area contributed by atoms with Gasteiger partial charge in [-0.2, -0.15) is 0 Å². The third kappa shape index (κ3) is 69.7. The third-order valence-electron chi connectivity index (χ3n) is 11.3. The van der Waals surface area contributed by atoms with Gasteiger partial charge in [0.25, 0.3) is 0 Å². The van der Waals surface area contributed by atoms with Crippen LogP contribution in [0.3, 0.4) is 0 Å². The number of hydrogen-bond acceptors (Lipinski definition) is 19. The highest BCUT2D eigenvalue weighted by Crippen LogP contribution is 2.21. The molecule has 97 heavy (non-hydrogen) atoms. The first-order valence-electron chi connectivity index (χ1n) is 31.2. The molecule has 0 aromatic carbocycles. The first kappa shape index (κ1) is 107. The number of hydrogen-bond donors (Lipinski definition) is 11. The van der Waals surface area contributed by atoms with Gasteiger partial charge in [0.05, 0.1) is 12.8 Å². The summed E-state index contributed by atoms with van der Waals surface area (Å²) in [6.45, 7) is 40.7. The van der Waals surface area contributed by atoms with Crippen LogP contribution in [0.4, 0.5) is 0 Å². The average Bonchev–Trinajstić information content (AvgIpc) is 1.78. The number of likely N-dealkylation sites (tertiary alicyclic amines) is 2. The summed E-state index contributed by atoms with van der Waals surface area (Å²) in [5.74, 6) is -4.19. The van der Waals surface area contributed by atoms with Crippen molar-refractivity contribution in [2.24, 2.45) is 23.5 Å². The van der Waals surface area contributed by atoms with E-state index in [9.17, 15) is 82.2 Å². The van der Waals surface area contributed by atoms with Crippen LogP contribution in [0.5, 0.6) is 0 Å². The second-order valence-electron chi connectivity index (χ2n) is 25.0. The lowest BCUT2D eigenvalue weighted by molar-refractivity contribution is -0.149. The molecule has 2 heterocycles. The zero-order valence-corrected chi connectivity index (χ0v) is 65.6. The van der Waals surface area contributed by atoms with Gasteiger partial charge in [-0.1, -0.05) is 41.5 Å². The summed E-state index contributed by atoms with van der Waals surface area (Å²) in [6.07, 6.45) is 5.13. The van der Waals surface area contributed by atoms with E-state index in [-0.39, 0.29) is 96.0 Å². The van der Waals surface area contributed by atoms with E-state index >= 15 is 0 Å². The van der Waals surface area contributed by atoms with Gasteiger partial charge in [-0.15, -0.1) is 0 Å². The van der Waals surface area contributed by atoms with E-state index < -0.39 is 106 Å². The Morgan fingerprint density at radius 3 is 0.969 bits per heavy atom. The molecule has 2 rings (SSSR count). The summed E-state index contributed by atoms with van der Waals surface area (Å²) in [5.41, 5.74) is 5.01. The molecule has 0 spiro atoms. The lowest BCUT2D eigenvalue weighted by atomic mass is 10.1. The Labute approximate surface area is 579 Å². The van der Waals surface area contributed by atoms with E-state index in [0.29, 0.717) is 25.9 Å². The lowest BCUT2D eigenvalue weighted by Gasteiger charge is -2.23. The summed E-state index contributed by atoms with van der Waals surface area (Å²) in [7, 11) is -9.26. The minimum absolute atomic E-state index is 0.00634. The van der Waals surface area contributed by atoms with Crippen LogP contribution in [0.1, 0.15) is 184 Å². The van der Waals surface area contributed by atoms with E-state index in [1.54, 1.807) is 89.5 Å². The largest absolute Gasteiger partial charge is 0.481 e. The van der Waals surface area contributed by atoms with Gasteiger partial charge < -0.3 is 57.0 Å². The van der Waals surface area contributed by atoms with Crippen LogP contribution in [0.15, 0.2) is 0 Å². The summed E-state index contributed by atoms with van der Waals surface area (Å²) < 4.78 is 83.3. The molecule has 0 radical (unpaired) electrons. The average molecular weight is 1480 g/mol. The van der Waals surface area contributed by atoms with E-state index in [0.717, 1.165) is 17.1 Å². The molecular weight excluding hydrogens is 1360 g/mol. The third-order valence-corrected chi connectivity index (χ3v) is 17.1. The predicted molar refractivity (Wildman–Crippen MR) is 378 cm³/mol. The minimum atomic E-state index is -3.63. The quantitative estimate of drug-likeness (QED) is 0.0516. The summed E-state index contributed by atoms with van der Waals surface area (Å²) in [6, 6.07) is -0.862. The molecule has 0 saturated carbocycles. The van der Waals surface area contributed by atoms with E-state index in [2.05, 4.69) is 31.3 Å². The zero-order valence-electron chi connectivity index (χ0n) is 62.3. The minimum Gasteiger partial charge on any atom is -0.481 e. The van der Waals surface area contributed by atoms with Crippen molar-refractivity contribution in [1.29, 1.82) is 0 Å². The normalized spacial score (nSPS) is 14.6. The Bertz CT molecular complexity index is 2780. The number of carboxylic acid groups (broad SMARTS) is 5. The van der Waals surface area contributed by atoms with Gasteiger partial charge in [0.1, 0.15) is 24.3 Å².